The van der Waals surface area contributed by atoms with Crippen LogP contribution < -0.4 is 5.73 Å². The molecule has 3 heteroatoms. The third-order valence-corrected chi connectivity index (χ3v) is 3.28. The Morgan fingerprint density at radius 2 is 2.27 bits per heavy atom. The Hall–Kier alpha value is -1.19. The number of rotatable bonds is 3. The van der Waals surface area contributed by atoms with Crippen molar-refractivity contribution in [1.82, 2.24) is 4.98 Å². The third-order valence-electron chi connectivity index (χ3n) is 2.34. The van der Waals surface area contributed by atoms with Crippen LogP contribution in [0, 0.1) is 0 Å². The molecule has 1 heterocycles. The lowest BCUT2D eigenvalue weighted by Crippen LogP contribution is -1.95. The van der Waals surface area contributed by atoms with Crippen LogP contribution in [0.15, 0.2) is 29.6 Å². The molecule has 0 aliphatic carbocycles. The average Bonchev–Trinajstić information content (AvgIpc) is 2.78. The van der Waals surface area contributed by atoms with Crippen molar-refractivity contribution in [3.8, 4) is 10.6 Å². The van der Waals surface area contributed by atoms with Gasteiger partial charge in [-0.1, -0.05) is 25.1 Å². The second-order valence-electron chi connectivity index (χ2n) is 3.40. The normalized spacial score (nSPS) is 10.5. The van der Waals surface area contributed by atoms with Crippen molar-refractivity contribution in [2.24, 2.45) is 5.73 Å². The van der Waals surface area contributed by atoms with Crippen molar-refractivity contribution in [1.29, 1.82) is 0 Å². The highest BCUT2D eigenvalue weighted by atomic mass is 32.1. The predicted octanol–water partition coefficient (Wildman–Crippen LogP) is 2.83. The number of thiazole rings is 1. The second-order valence-corrected chi connectivity index (χ2v) is 4.26. The number of nitrogens with two attached hydrogens (primary N) is 1. The molecule has 0 aliphatic heterocycles. The zero-order valence-corrected chi connectivity index (χ0v) is 9.55. The van der Waals surface area contributed by atoms with Gasteiger partial charge in [0.05, 0.1) is 5.69 Å². The summed E-state index contributed by atoms with van der Waals surface area (Å²) in [6.07, 6.45) is 1.06. The van der Waals surface area contributed by atoms with Gasteiger partial charge in [0, 0.05) is 17.5 Å². The van der Waals surface area contributed by atoms with E-state index in [-0.39, 0.29) is 0 Å². The third kappa shape index (κ3) is 2.25. The average molecular weight is 218 g/mol. The Morgan fingerprint density at radius 1 is 1.40 bits per heavy atom. The maximum Gasteiger partial charge on any atom is 0.123 e. The Morgan fingerprint density at radius 3 is 2.93 bits per heavy atom. The van der Waals surface area contributed by atoms with E-state index in [0.29, 0.717) is 6.54 Å². The van der Waals surface area contributed by atoms with Crippen molar-refractivity contribution in [2.45, 2.75) is 19.9 Å². The van der Waals surface area contributed by atoms with Crippen molar-refractivity contribution in [3.05, 3.63) is 40.9 Å². The molecule has 78 valence electrons. The van der Waals surface area contributed by atoms with Crippen LogP contribution in [-0.2, 0) is 13.0 Å². The first-order valence-electron chi connectivity index (χ1n) is 5.07. The van der Waals surface area contributed by atoms with Crippen molar-refractivity contribution >= 4 is 11.3 Å². The van der Waals surface area contributed by atoms with Gasteiger partial charge in [0.2, 0.25) is 0 Å². The number of nitrogens with zero attached hydrogens (tertiary/aromatic N) is 1. The van der Waals surface area contributed by atoms with Gasteiger partial charge in [-0.15, -0.1) is 11.3 Å². The maximum atomic E-state index is 5.54. The van der Waals surface area contributed by atoms with E-state index in [9.17, 15) is 0 Å². The molecule has 0 saturated carbocycles. The Bertz CT molecular complexity index is 448. The van der Waals surface area contributed by atoms with Crippen LogP contribution >= 0.6 is 11.3 Å². The Balaban J connectivity index is 2.35. The molecule has 0 unspecified atom stereocenters. The molecule has 0 atom stereocenters. The zero-order chi connectivity index (χ0) is 10.7. The molecule has 2 rings (SSSR count). The van der Waals surface area contributed by atoms with E-state index in [2.05, 4.69) is 36.2 Å². The van der Waals surface area contributed by atoms with Crippen LogP contribution in [0.3, 0.4) is 0 Å². The zero-order valence-electron chi connectivity index (χ0n) is 8.73. The van der Waals surface area contributed by atoms with E-state index in [1.807, 2.05) is 5.38 Å². The molecule has 2 N–H and O–H groups in total. The highest BCUT2D eigenvalue weighted by molar-refractivity contribution is 7.13. The van der Waals surface area contributed by atoms with Crippen LogP contribution in [-0.4, -0.2) is 4.98 Å². The van der Waals surface area contributed by atoms with Crippen molar-refractivity contribution in [2.75, 3.05) is 0 Å². The van der Waals surface area contributed by atoms with Gasteiger partial charge < -0.3 is 5.73 Å². The smallest absolute Gasteiger partial charge is 0.123 e. The topological polar surface area (TPSA) is 38.9 Å². The maximum absolute atomic E-state index is 5.54. The molecule has 1 aromatic carbocycles. The van der Waals surface area contributed by atoms with Gasteiger partial charge in [0.1, 0.15) is 5.01 Å². The van der Waals surface area contributed by atoms with Crippen LogP contribution in [0.25, 0.3) is 10.6 Å². The Kier molecular flexibility index (Phi) is 3.14. The fraction of sp³-hybridized carbons (Fsp3) is 0.250. The van der Waals surface area contributed by atoms with Gasteiger partial charge in [-0.2, -0.15) is 0 Å². The highest BCUT2D eigenvalue weighted by Gasteiger charge is 2.03. The summed E-state index contributed by atoms with van der Waals surface area (Å²) >= 11 is 1.66. The van der Waals surface area contributed by atoms with Gasteiger partial charge in [-0.25, -0.2) is 4.98 Å². The van der Waals surface area contributed by atoms with Gasteiger partial charge in [-0.05, 0) is 18.1 Å². The first-order valence-corrected chi connectivity index (χ1v) is 5.95. The highest BCUT2D eigenvalue weighted by Crippen LogP contribution is 2.24. The van der Waals surface area contributed by atoms with Crippen molar-refractivity contribution in [3.63, 3.8) is 0 Å². The van der Waals surface area contributed by atoms with Gasteiger partial charge in [-0.3, -0.25) is 0 Å². The predicted molar refractivity (Wildman–Crippen MR) is 64.8 cm³/mol. The summed E-state index contributed by atoms with van der Waals surface area (Å²) in [4.78, 5) is 4.47. The van der Waals surface area contributed by atoms with E-state index >= 15 is 0 Å². The molecule has 0 aliphatic rings. The molecular formula is C12H14N2S. The van der Waals surface area contributed by atoms with Gasteiger partial charge >= 0.3 is 0 Å². The summed E-state index contributed by atoms with van der Waals surface area (Å²) in [6, 6.07) is 8.51. The van der Waals surface area contributed by atoms with Gasteiger partial charge in [0.15, 0.2) is 0 Å². The minimum Gasteiger partial charge on any atom is -0.325 e. The molecule has 0 spiro atoms. The Labute approximate surface area is 93.8 Å². The molecule has 15 heavy (non-hydrogen) atoms. The number of aryl methyl sites for hydroxylation is 1. The molecule has 0 bridgehead atoms. The quantitative estimate of drug-likeness (QED) is 0.860. The molecule has 0 radical (unpaired) electrons. The fourth-order valence-electron chi connectivity index (χ4n) is 1.46. The van der Waals surface area contributed by atoms with E-state index in [1.54, 1.807) is 11.3 Å². The molecule has 0 amide bonds. The standard InChI is InChI=1S/C12H14N2S/c1-2-9-4-3-5-10(6-9)12-14-11(7-13)8-15-12/h3-6,8H,2,7,13H2,1H3. The van der Waals surface area contributed by atoms with Crippen LogP contribution in [0.2, 0.25) is 0 Å². The molecule has 1 aromatic heterocycles. The summed E-state index contributed by atoms with van der Waals surface area (Å²) in [5.41, 5.74) is 9.05. The van der Waals surface area contributed by atoms with E-state index in [1.165, 1.54) is 11.1 Å². The van der Waals surface area contributed by atoms with E-state index in [4.69, 9.17) is 5.73 Å². The van der Waals surface area contributed by atoms with E-state index < -0.39 is 0 Å². The lowest BCUT2D eigenvalue weighted by atomic mass is 10.1. The number of aromatic nitrogens is 1. The summed E-state index contributed by atoms with van der Waals surface area (Å²) in [6.45, 7) is 2.68. The van der Waals surface area contributed by atoms with Crippen LogP contribution in [0.1, 0.15) is 18.2 Å². The van der Waals surface area contributed by atoms with Crippen molar-refractivity contribution < 1.29 is 0 Å². The first kappa shape index (κ1) is 10.3. The van der Waals surface area contributed by atoms with Crippen LogP contribution in [0.4, 0.5) is 0 Å². The minimum atomic E-state index is 0.518. The second kappa shape index (κ2) is 4.55. The monoisotopic (exact) mass is 218 g/mol. The molecule has 2 aromatic rings. The summed E-state index contributed by atoms with van der Waals surface area (Å²) in [7, 11) is 0. The summed E-state index contributed by atoms with van der Waals surface area (Å²) in [5.74, 6) is 0. The van der Waals surface area contributed by atoms with E-state index in [0.717, 1.165) is 17.1 Å². The lowest BCUT2D eigenvalue weighted by molar-refractivity contribution is 1.01. The molecule has 0 fully saturated rings. The minimum absolute atomic E-state index is 0.518. The fourth-order valence-corrected chi connectivity index (χ4v) is 2.29. The van der Waals surface area contributed by atoms with Crippen LogP contribution in [0.5, 0.6) is 0 Å². The first-order chi connectivity index (χ1) is 7.33. The number of hydrogen-bond acceptors (Lipinski definition) is 3. The lowest BCUT2D eigenvalue weighted by Gasteiger charge is -1.99. The SMILES string of the molecule is CCc1cccc(-c2nc(CN)cs2)c1. The largest absolute Gasteiger partial charge is 0.325 e. The van der Waals surface area contributed by atoms with Gasteiger partial charge in [0.25, 0.3) is 0 Å². The molecule has 0 saturated heterocycles. The molecule has 2 nitrogen and oxygen atoms in total. The molecular weight excluding hydrogens is 204 g/mol. The summed E-state index contributed by atoms with van der Waals surface area (Å²) < 4.78 is 0. The number of hydrogen-bond donors (Lipinski definition) is 1. The number of benzene rings is 1. The summed E-state index contributed by atoms with van der Waals surface area (Å²) in [5, 5.41) is 3.08.